The predicted octanol–water partition coefficient (Wildman–Crippen LogP) is 5.94. The van der Waals surface area contributed by atoms with E-state index in [-0.39, 0.29) is 18.5 Å². The highest BCUT2D eigenvalue weighted by atomic mass is 32.2. The number of anilines is 1. The fourth-order valence-corrected chi connectivity index (χ4v) is 5.46. The minimum atomic E-state index is -0.312. The second kappa shape index (κ2) is 16.2. The second-order valence-electron chi connectivity index (χ2n) is 9.19. The molecule has 0 unspecified atom stereocenters. The Morgan fingerprint density at radius 3 is 2.30 bits per heavy atom. The van der Waals surface area contributed by atoms with Crippen LogP contribution in [0.25, 0.3) is 0 Å². The fraction of sp³-hybridized carbons (Fsp3) is 0.400. The summed E-state index contributed by atoms with van der Waals surface area (Å²) in [5, 5.41) is 2.94. The normalized spacial score (nSPS) is 10.7. The zero-order chi connectivity index (χ0) is 28.9. The molecule has 0 atom stereocenters. The van der Waals surface area contributed by atoms with Gasteiger partial charge in [-0.05, 0) is 80.1 Å². The lowest BCUT2D eigenvalue weighted by molar-refractivity contribution is -0.132. The highest BCUT2D eigenvalue weighted by Crippen LogP contribution is 2.28. The van der Waals surface area contributed by atoms with Crippen molar-refractivity contribution in [2.45, 2.75) is 31.2 Å². The molecule has 0 bridgehead atoms. The van der Waals surface area contributed by atoms with Gasteiger partial charge in [0.2, 0.25) is 5.91 Å². The number of carbonyl (C=O) groups is 2. The monoisotopic (exact) mass is 585 g/mol. The molecular formula is C30H39N3O5S2. The summed E-state index contributed by atoms with van der Waals surface area (Å²) >= 11 is 3.31. The average Bonchev–Trinajstić information content (AvgIpc) is 3.39. The predicted molar refractivity (Wildman–Crippen MR) is 163 cm³/mol. The summed E-state index contributed by atoms with van der Waals surface area (Å²) in [4.78, 5) is 33.8. The van der Waals surface area contributed by atoms with E-state index in [0.29, 0.717) is 56.3 Å². The maximum absolute atomic E-state index is 13.7. The van der Waals surface area contributed by atoms with Gasteiger partial charge in [0.05, 0.1) is 20.8 Å². The standard InChI is InChI=1S/C30H39N3O5S2/c1-22-7-11-26(40-22)20-32(17-15-23-8-14-27(37-3)28(19-23)38-4)29(34)21-33(16-6-18-36-2)30(35)31-24-9-12-25(39-5)13-10-24/h7-14,19H,6,15-18,20-21H2,1-5H3,(H,31,35). The molecule has 216 valence electrons. The Labute approximate surface area is 245 Å². The van der Waals surface area contributed by atoms with E-state index in [2.05, 4.69) is 24.4 Å². The molecule has 40 heavy (non-hydrogen) atoms. The van der Waals surface area contributed by atoms with E-state index in [1.54, 1.807) is 49.3 Å². The number of nitrogens with zero attached hydrogens (tertiary/aromatic N) is 2. The molecule has 0 fully saturated rings. The lowest BCUT2D eigenvalue weighted by Gasteiger charge is -2.28. The Bertz CT molecular complexity index is 1230. The van der Waals surface area contributed by atoms with Crippen LogP contribution in [0, 0.1) is 6.92 Å². The van der Waals surface area contributed by atoms with Crippen molar-refractivity contribution in [1.82, 2.24) is 9.80 Å². The third-order valence-electron chi connectivity index (χ3n) is 6.34. The summed E-state index contributed by atoms with van der Waals surface area (Å²) in [6.45, 7) is 3.89. The van der Waals surface area contributed by atoms with Gasteiger partial charge < -0.3 is 29.3 Å². The number of thioether (sulfide) groups is 1. The minimum absolute atomic E-state index is 0.0330. The van der Waals surface area contributed by atoms with Crippen molar-refractivity contribution in [3.8, 4) is 11.5 Å². The molecule has 1 aromatic heterocycles. The summed E-state index contributed by atoms with van der Waals surface area (Å²) in [6.07, 6.45) is 3.26. The zero-order valence-corrected chi connectivity index (χ0v) is 25.5. The van der Waals surface area contributed by atoms with Gasteiger partial charge in [-0.25, -0.2) is 4.79 Å². The number of methoxy groups -OCH3 is 3. The van der Waals surface area contributed by atoms with Crippen LogP contribution in [0.2, 0.25) is 0 Å². The van der Waals surface area contributed by atoms with Crippen LogP contribution in [0.3, 0.4) is 0 Å². The Morgan fingerprint density at radius 2 is 1.68 bits per heavy atom. The van der Waals surface area contributed by atoms with E-state index < -0.39 is 0 Å². The molecule has 0 radical (unpaired) electrons. The lowest BCUT2D eigenvalue weighted by atomic mass is 10.1. The highest BCUT2D eigenvalue weighted by molar-refractivity contribution is 7.98. The van der Waals surface area contributed by atoms with Crippen LogP contribution in [-0.2, 0) is 22.5 Å². The first-order valence-electron chi connectivity index (χ1n) is 13.1. The summed E-state index contributed by atoms with van der Waals surface area (Å²) < 4.78 is 16.0. The maximum Gasteiger partial charge on any atom is 0.322 e. The quantitative estimate of drug-likeness (QED) is 0.176. The van der Waals surface area contributed by atoms with Gasteiger partial charge in [0, 0.05) is 47.1 Å². The van der Waals surface area contributed by atoms with E-state index in [1.165, 1.54) is 4.88 Å². The number of rotatable bonds is 15. The van der Waals surface area contributed by atoms with Crippen LogP contribution < -0.4 is 14.8 Å². The topological polar surface area (TPSA) is 80.3 Å². The van der Waals surface area contributed by atoms with Crippen molar-refractivity contribution in [3.05, 3.63) is 69.9 Å². The number of amides is 3. The van der Waals surface area contributed by atoms with Gasteiger partial charge in [-0.2, -0.15) is 0 Å². The molecule has 0 saturated carbocycles. The Morgan fingerprint density at radius 1 is 0.925 bits per heavy atom. The SMILES string of the molecule is COCCCN(CC(=O)N(CCc1ccc(OC)c(OC)c1)Cc1ccc(C)s1)C(=O)Nc1ccc(SC)cc1. The van der Waals surface area contributed by atoms with Gasteiger partial charge in [-0.3, -0.25) is 4.79 Å². The molecule has 1 N–H and O–H groups in total. The fourth-order valence-electron chi connectivity index (χ4n) is 4.14. The van der Waals surface area contributed by atoms with Crippen LogP contribution in [-0.4, -0.2) is 75.6 Å². The van der Waals surface area contributed by atoms with Gasteiger partial charge in [0.25, 0.3) is 0 Å². The summed E-state index contributed by atoms with van der Waals surface area (Å²) in [7, 11) is 4.84. The number of carbonyl (C=O) groups excluding carboxylic acids is 2. The van der Waals surface area contributed by atoms with Crippen LogP contribution in [0.4, 0.5) is 10.5 Å². The van der Waals surface area contributed by atoms with Crippen LogP contribution in [0.15, 0.2) is 59.5 Å². The molecule has 8 nitrogen and oxygen atoms in total. The van der Waals surface area contributed by atoms with E-state index in [0.717, 1.165) is 15.3 Å². The Hall–Kier alpha value is -3.21. The Balaban J connectivity index is 1.75. The molecular weight excluding hydrogens is 546 g/mol. The van der Waals surface area contributed by atoms with Crippen molar-refractivity contribution in [2.24, 2.45) is 0 Å². The molecule has 0 aliphatic rings. The maximum atomic E-state index is 13.7. The van der Waals surface area contributed by atoms with Crippen molar-refractivity contribution < 1.29 is 23.8 Å². The molecule has 0 spiro atoms. The van der Waals surface area contributed by atoms with E-state index >= 15 is 0 Å². The van der Waals surface area contributed by atoms with Gasteiger partial charge >= 0.3 is 6.03 Å². The largest absolute Gasteiger partial charge is 0.493 e. The number of nitrogens with one attached hydrogen (secondary N) is 1. The lowest BCUT2D eigenvalue weighted by Crippen LogP contribution is -2.45. The number of benzene rings is 2. The molecule has 0 aliphatic heterocycles. The number of aryl methyl sites for hydroxylation is 1. The van der Waals surface area contributed by atoms with Gasteiger partial charge in [-0.1, -0.05) is 6.07 Å². The summed E-state index contributed by atoms with van der Waals surface area (Å²) in [5.41, 5.74) is 1.72. The molecule has 2 aromatic carbocycles. The molecule has 3 aromatic rings. The zero-order valence-electron chi connectivity index (χ0n) is 23.9. The van der Waals surface area contributed by atoms with Crippen molar-refractivity contribution in [2.75, 3.05) is 59.1 Å². The number of thiophene rings is 1. The highest BCUT2D eigenvalue weighted by Gasteiger charge is 2.22. The average molecular weight is 586 g/mol. The molecule has 3 rings (SSSR count). The van der Waals surface area contributed by atoms with Crippen LogP contribution in [0.5, 0.6) is 11.5 Å². The van der Waals surface area contributed by atoms with Gasteiger partial charge in [0.1, 0.15) is 6.54 Å². The summed E-state index contributed by atoms with van der Waals surface area (Å²) in [5.74, 6) is 1.20. The second-order valence-corrected chi connectivity index (χ2v) is 11.4. The first-order chi connectivity index (χ1) is 19.4. The number of urea groups is 1. The van der Waals surface area contributed by atoms with Gasteiger partial charge in [0.15, 0.2) is 11.5 Å². The molecule has 1 heterocycles. The first kappa shape index (κ1) is 31.3. The first-order valence-corrected chi connectivity index (χ1v) is 15.1. The number of hydrogen-bond donors (Lipinski definition) is 1. The Kier molecular flexibility index (Phi) is 12.6. The molecule has 10 heteroatoms. The molecule has 3 amide bonds. The molecule has 0 saturated heterocycles. The molecule has 0 aliphatic carbocycles. The summed E-state index contributed by atoms with van der Waals surface area (Å²) in [6, 6.07) is 17.2. The van der Waals surface area contributed by atoms with Crippen molar-refractivity contribution in [1.29, 1.82) is 0 Å². The van der Waals surface area contributed by atoms with Gasteiger partial charge in [-0.15, -0.1) is 23.1 Å². The number of hydrogen-bond acceptors (Lipinski definition) is 7. The smallest absolute Gasteiger partial charge is 0.322 e. The van der Waals surface area contributed by atoms with E-state index in [9.17, 15) is 9.59 Å². The van der Waals surface area contributed by atoms with E-state index in [4.69, 9.17) is 14.2 Å². The number of ether oxygens (including phenoxy) is 3. The van der Waals surface area contributed by atoms with Crippen molar-refractivity contribution in [3.63, 3.8) is 0 Å². The van der Waals surface area contributed by atoms with Crippen LogP contribution >= 0.6 is 23.1 Å². The third-order valence-corrected chi connectivity index (χ3v) is 8.07. The van der Waals surface area contributed by atoms with E-state index in [1.807, 2.05) is 53.6 Å². The van der Waals surface area contributed by atoms with Crippen LogP contribution in [0.1, 0.15) is 21.7 Å². The minimum Gasteiger partial charge on any atom is -0.493 e. The van der Waals surface area contributed by atoms with Crippen molar-refractivity contribution >= 4 is 40.7 Å². The third kappa shape index (κ3) is 9.46.